The van der Waals surface area contributed by atoms with Gasteiger partial charge in [0.05, 0.1) is 6.54 Å². The van der Waals surface area contributed by atoms with Crippen LogP contribution in [0.5, 0.6) is 0 Å². The number of nitrogens with one attached hydrogen (secondary N) is 1. The molecule has 0 unspecified atom stereocenters. The number of amides is 3. The number of rotatable bonds is 6. The minimum absolute atomic E-state index is 0.279. The summed E-state index contributed by atoms with van der Waals surface area (Å²) in [6.07, 6.45) is -0.733. The minimum Gasteiger partial charge on any atom is -0.480 e. The fourth-order valence-electron chi connectivity index (χ4n) is 1.30. The van der Waals surface area contributed by atoms with Gasteiger partial charge < -0.3 is 25.0 Å². The maximum atomic E-state index is 11.8. The number of carbonyl (C=O) groups is 4. The van der Waals surface area contributed by atoms with Crippen molar-refractivity contribution in [1.29, 1.82) is 0 Å². The molecule has 0 aromatic rings. The van der Waals surface area contributed by atoms with Crippen LogP contribution < -0.4 is 5.32 Å². The highest BCUT2D eigenvalue weighted by Crippen LogP contribution is 2.06. The van der Waals surface area contributed by atoms with Gasteiger partial charge in [-0.2, -0.15) is 0 Å². The zero-order chi connectivity index (χ0) is 17.5. The van der Waals surface area contributed by atoms with Crippen LogP contribution in [0.2, 0.25) is 0 Å². The highest BCUT2D eigenvalue weighted by molar-refractivity contribution is 5.88. The van der Waals surface area contributed by atoms with Crippen LogP contribution in [0.25, 0.3) is 0 Å². The van der Waals surface area contributed by atoms with Crippen LogP contribution in [0.15, 0.2) is 0 Å². The van der Waals surface area contributed by atoms with E-state index in [0.717, 1.165) is 9.80 Å². The predicted molar refractivity (Wildman–Crippen MR) is 77.1 cm³/mol. The third-order valence-corrected chi connectivity index (χ3v) is 2.38. The maximum Gasteiger partial charge on any atom is 0.408 e. The molecule has 0 saturated carbocycles. The molecule has 0 fully saturated rings. The highest BCUT2D eigenvalue weighted by Gasteiger charge is 2.20. The quantitative estimate of drug-likeness (QED) is 0.683. The van der Waals surface area contributed by atoms with Gasteiger partial charge in [0.2, 0.25) is 11.8 Å². The van der Waals surface area contributed by atoms with Gasteiger partial charge in [0.15, 0.2) is 0 Å². The average molecular weight is 317 g/mol. The van der Waals surface area contributed by atoms with Gasteiger partial charge in [0, 0.05) is 14.1 Å². The molecule has 0 atom stereocenters. The summed E-state index contributed by atoms with van der Waals surface area (Å²) in [5.41, 5.74) is -0.672. The van der Waals surface area contributed by atoms with E-state index >= 15 is 0 Å². The minimum atomic E-state index is -1.14. The number of carboxylic acid groups (broad SMARTS) is 1. The van der Waals surface area contributed by atoms with Gasteiger partial charge in [0.25, 0.3) is 0 Å². The summed E-state index contributed by atoms with van der Waals surface area (Å²) in [6, 6.07) is 0. The molecule has 9 nitrogen and oxygen atoms in total. The van der Waals surface area contributed by atoms with Gasteiger partial charge in [-0.3, -0.25) is 14.4 Å². The molecule has 0 spiro atoms. The monoisotopic (exact) mass is 317 g/mol. The van der Waals surface area contributed by atoms with E-state index < -0.39 is 36.0 Å². The number of aliphatic carboxylic acids is 1. The average Bonchev–Trinajstić information content (AvgIpc) is 2.32. The van der Waals surface area contributed by atoms with E-state index in [-0.39, 0.29) is 13.1 Å². The number of hydrogen-bond donors (Lipinski definition) is 2. The third-order valence-electron chi connectivity index (χ3n) is 2.38. The van der Waals surface area contributed by atoms with Crippen molar-refractivity contribution in [3.05, 3.63) is 0 Å². The topological polar surface area (TPSA) is 116 Å². The van der Waals surface area contributed by atoms with Crippen molar-refractivity contribution in [3.8, 4) is 0 Å². The van der Waals surface area contributed by atoms with Gasteiger partial charge >= 0.3 is 12.1 Å². The fraction of sp³-hybridized carbons (Fsp3) is 0.692. The van der Waals surface area contributed by atoms with E-state index in [1.54, 1.807) is 20.8 Å². The van der Waals surface area contributed by atoms with Crippen molar-refractivity contribution >= 4 is 23.9 Å². The zero-order valence-electron chi connectivity index (χ0n) is 13.5. The Morgan fingerprint density at radius 3 is 1.95 bits per heavy atom. The molecule has 0 aliphatic carbocycles. The summed E-state index contributed by atoms with van der Waals surface area (Å²) in [6.45, 7) is 4.03. The first-order valence-corrected chi connectivity index (χ1v) is 6.59. The summed E-state index contributed by atoms with van der Waals surface area (Å²) in [5, 5.41) is 10.9. The molecule has 0 rings (SSSR count). The van der Waals surface area contributed by atoms with Gasteiger partial charge in [-0.1, -0.05) is 0 Å². The number of alkyl carbamates (subject to hydrolysis) is 1. The molecule has 0 aromatic heterocycles. The number of hydrogen-bond acceptors (Lipinski definition) is 5. The van der Waals surface area contributed by atoms with Crippen LogP contribution in [0.4, 0.5) is 4.79 Å². The first-order chi connectivity index (χ1) is 9.92. The maximum absolute atomic E-state index is 11.8. The Morgan fingerprint density at radius 2 is 1.50 bits per heavy atom. The van der Waals surface area contributed by atoms with Gasteiger partial charge in [-0.25, -0.2) is 4.79 Å². The van der Waals surface area contributed by atoms with E-state index in [1.807, 2.05) is 0 Å². The van der Waals surface area contributed by atoms with Crippen molar-refractivity contribution in [1.82, 2.24) is 15.1 Å². The van der Waals surface area contributed by atoms with Gasteiger partial charge in [-0.15, -0.1) is 0 Å². The number of carboxylic acids is 1. The second-order valence-electron chi connectivity index (χ2n) is 5.75. The first kappa shape index (κ1) is 19.7. The number of likely N-dealkylation sites (N-methyl/N-ethyl adjacent to an activating group) is 2. The lowest BCUT2D eigenvalue weighted by Crippen LogP contribution is -2.45. The lowest BCUT2D eigenvalue weighted by atomic mass is 10.2. The normalized spacial score (nSPS) is 10.6. The molecule has 22 heavy (non-hydrogen) atoms. The molecule has 9 heteroatoms. The number of ether oxygens (including phenoxy) is 1. The summed E-state index contributed by atoms with van der Waals surface area (Å²) >= 11 is 0. The van der Waals surface area contributed by atoms with Crippen LogP contribution in [-0.2, 0) is 19.1 Å². The molecule has 2 N–H and O–H groups in total. The SMILES string of the molecule is CN(CC(=O)O)C(=O)CN(C)C(=O)CNC(=O)OC(C)(C)C. The molecular formula is C13H23N3O6. The molecule has 126 valence electrons. The number of carbonyl (C=O) groups excluding carboxylic acids is 3. The van der Waals surface area contributed by atoms with Crippen molar-refractivity contribution in [2.45, 2.75) is 26.4 Å². The Hall–Kier alpha value is -2.32. The summed E-state index contributed by atoms with van der Waals surface area (Å²) in [4.78, 5) is 47.4. The second kappa shape index (κ2) is 8.20. The summed E-state index contributed by atoms with van der Waals surface area (Å²) in [7, 11) is 2.71. The number of nitrogens with zero attached hydrogens (tertiary/aromatic N) is 2. The molecule has 0 bridgehead atoms. The van der Waals surface area contributed by atoms with Crippen LogP contribution >= 0.6 is 0 Å². The Balaban J connectivity index is 4.24. The molecule has 0 aliphatic heterocycles. The smallest absolute Gasteiger partial charge is 0.408 e. The van der Waals surface area contributed by atoms with Crippen molar-refractivity contribution in [2.75, 3.05) is 33.7 Å². The van der Waals surface area contributed by atoms with Crippen LogP contribution in [0.1, 0.15) is 20.8 Å². The van der Waals surface area contributed by atoms with E-state index in [1.165, 1.54) is 14.1 Å². The summed E-state index contributed by atoms with van der Waals surface area (Å²) < 4.78 is 4.97. The van der Waals surface area contributed by atoms with Gasteiger partial charge in [-0.05, 0) is 20.8 Å². The lowest BCUT2D eigenvalue weighted by Gasteiger charge is -2.22. The first-order valence-electron chi connectivity index (χ1n) is 6.59. The van der Waals surface area contributed by atoms with Crippen LogP contribution in [0, 0.1) is 0 Å². The van der Waals surface area contributed by atoms with Crippen LogP contribution in [-0.4, -0.2) is 78.1 Å². The fourth-order valence-corrected chi connectivity index (χ4v) is 1.30. The van der Waals surface area contributed by atoms with E-state index in [9.17, 15) is 19.2 Å². The molecule has 3 amide bonds. The molecule has 0 aromatic carbocycles. The molecular weight excluding hydrogens is 294 g/mol. The third kappa shape index (κ3) is 8.77. The Kier molecular flexibility index (Phi) is 7.34. The molecule has 0 aliphatic rings. The van der Waals surface area contributed by atoms with E-state index in [2.05, 4.69) is 5.32 Å². The standard InChI is InChI=1S/C13H23N3O6/c1-13(2,3)22-12(21)14-6-9(17)15(4)7-10(18)16(5)8-11(19)20/h6-8H2,1-5H3,(H,14,21)(H,19,20). The Morgan fingerprint density at radius 1 is 1.00 bits per heavy atom. The van der Waals surface area contributed by atoms with Gasteiger partial charge in [0.1, 0.15) is 18.7 Å². The largest absolute Gasteiger partial charge is 0.480 e. The molecule has 0 saturated heterocycles. The molecule has 0 radical (unpaired) electrons. The van der Waals surface area contributed by atoms with E-state index in [0.29, 0.717) is 0 Å². The van der Waals surface area contributed by atoms with Crippen LogP contribution in [0.3, 0.4) is 0 Å². The van der Waals surface area contributed by atoms with Crippen molar-refractivity contribution < 1.29 is 29.0 Å². The Bertz CT molecular complexity index is 444. The van der Waals surface area contributed by atoms with E-state index in [4.69, 9.17) is 9.84 Å². The van der Waals surface area contributed by atoms with Crippen molar-refractivity contribution in [2.24, 2.45) is 0 Å². The lowest BCUT2D eigenvalue weighted by molar-refractivity contribution is -0.145. The van der Waals surface area contributed by atoms with Crippen molar-refractivity contribution in [3.63, 3.8) is 0 Å². The Labute approximate surface area is 129 Å². The highest BCUT2D eigenvalue weighted by atomic mass is 16.6. The summed E-state index contributed by atoms with van der Waals surface area (Å²) in [5.74, 6) is -2.16. The molecule has 0 heterocycles. The predicted octanol–water partition coefficient (Wildman–Crippen LogP) is -0.487. The second-order valence-corrected chi connectivity index (χ2v) is 5.75. The zero-order valence-corrected chi connectivity index (χ0v) is 13.5.